The molecule has 1 aliphatic rings. The summed E-state index contributed by atoms with van der Waals surface area (Å²) in [6.07, 6.45) is 0.693. The molecule has 1 heterocycles. The van der Waals surface area contributed by atoms with Crippen LogP contribution < -0.4 is 16.2 Å². The van der Waals surface area contributed by atoms with E-state index < -0.39 is 0 Å². The summed E-state index contributed by atoms with van der Waals surface area (Å²) >= 11 is 6.17. The lowest BCUT2D eigenvalue weighted by molar-refractivity contribution is -0.117. The Kier molecular flexibility index (Phi) is 4.66. The Bertz CT molecular complexity index is 694. The number of hydrogen-bond acceptors (Lipinski definition) is 3. The number of amides is 1. The molecular formula is C18H20ClN3O. The summed E-state index contributed by atoms with van der Waals surface area (Å²) in [5, 5.41) is 3.48. The number of anilines is 1. The van der Waals surface area contributed by atoms with E-state index in [4.69, 9.17) is 11.6 Å². The second kappa shape index (κ2) is 6.71. The molecule has 1 amide bonds. The molecule has 1 aliphatic heterocycles. The summed E-state index contributed by atoms with van der Waals surface area (Å²) in [5.41, 5.74) is 10.3. The number of carbonyl (C=O) groups excluding carboxylic acids is 1. The van der Waals surface area contributed by atoms with Crippen molar-refractivity contribution in [3.63, 3.8) is 0 Å². The number of carbonyl (C=O) groups is 1. The van der Waals surface area contributed by atoms with Crippen LogP contribution in [0.5, 0.6) is 0 Å². The summed E-state index contributed by atoms with van der Waals surface area (Å²) in [6, 6.07) is 13.7. The van der Waals surface area contributed by atoms with Crippen LogP contribution >= 0.6 is 11.6 Å². The maximum Gasteiger partial charge on any atom is 0.242 e. The average molecular weight is 330 g/mol. The van der Waals surface area contributed by atoms with Crippen LogP contribution in [0.4, 0.5) is 5.69 Å². The van der Waals surface area contributed by atoms with E-state index in [9.17, 15) is 4.79 Å². The molecule has 23 heavy (non-hydrogen) atoms. The van der Waals surface area contributed by atoms with E-state index >= 15 is 0 Å². The smallest absolute Gasteiger partial charge is 0.242 e. The Labute approximate surface area is 141 Å². The molecule has 2 aromatic rings. The minimum absolute atomic E-state index is 0.0803. The molecule has 0 aliphatic carbocycles. The van der Waals surface area contributed by atoms with Gasteiger partial charge in [-0.05, 0) is 37.5 Å². The van der Waals surface area contributed by atoms with E-state index in [-0.39, 0.29) is 18.0 Å². The first-order valence-corrected chi connectivity index (χ1v) is 8.06. The minimum Gasteiger partial charge on any atom is -0.323 e. The second-order valence-electron chi connectivity index (χ2n) is 5.96. The third-order valence-electron chi connectivity index (χ3n) is 4.17. The van der Waals surface area contributed by atoms with Crippen LogP contribution in [-0.4, -0.2) is 11.9 Å². The maximum absolute atomic E-state index is 12.5. The maximum atomic E-state index is 12.5. The molecule has 2 atom stereocenters. The van der Waals surface area contributed by atoms with Crippen LogP contribution in [0.2, 0.25) is 5.02 Å². The Morgan fingerprint density at radius 3 is 2.57 bits per heavy atom. The van der Waals surface area contributed by atoms with Crippen molar-refractivity contribution >= 4 is 23.2 Å². The van der Waals surface area contributed by atoms with Crippen LogP contribution in [0.25, 0.3) is 0 Å². The number of hydrazine groups is 1. The molecule has 0 radical (unpaired) electrons. The third kappa shape index (κ3) is 3.55. The zero-order valence-corrected chi connectivity index (χ0v) is 13.9. The monoisotopic (exact) mass is 329 g/mol. The number of para-hydroxylation sites is 1. The largest absolute Gasteiger partial charge is 0.323 e. The molecule has 4 nitrogen and oxygen atoms in total. The molecule has 120 valence electrons. The first-order valence-electron chi connectivity index (χ1n) is 7.68. The Balaban J connectivity index is 1.67. The van der Waals surface area contributed by atoms with Gasteiger partial charge < -0.3 is 5.32 Å². The quantitative estimate of drug-likeness (QED) is 0.807. The summed E-state index contributed by atoms with van der Waals surface area (Å²) in [4.78, 5) is 12.5. The van der Waals surface area contributed by atoms with Gasteiger partial charge in [0.2, 0.25) is 5.91 Å². The van der Waals surface area contributed by atoms with Crippen LogP contribution in [-0.2, 0) is 4.79 Å². The molecule has 1 fully saturated rings. The number of nitrogens with one attached hydrogen (secondary N) is 3. The standard InChI is InChI=1S/C18H20ClN3O/c1-11-6-8-13(9-7-11)15-10-16(22-21-15)18(23)20-17-12(2)4-3-5-14(17)19/h3-9,15-16,21-22H,10H2,1-2H3,(H,20,23). The molecule has 2 aromatic carbocycles. The number of benzene rings is 2. The third-order valence-corrected chi connectivity index (χ3v) is 4.48. The first kappa shape index (κ1) is 16.0. The normalized spacial score (nSPS) is 20.5. The molecule has 5 heteroatoms. The van der Waals surface area contributed by atoms with Crippen LogP contribution in [0.1, 0.15) is 29.2 Å². The lowest BCUT2D eigenvalue weighted by Crippen LogP contribution is -2.39. The van der Waals surface area contributed by atoms with E-state index in [1.54, 1.807) is 6.07 Å². The Morgan fingerprint density at radius 1 is 1.13 bits per heavy atom. The van der Waals surface area contributed by atoms with Crippen molar-refractivity contribution in [1.82, 2.24) is 10.9 Å². The molecule has 2 unspecified atom stereocenters. The number of halogens is 1. The SMILES string of the molecule is Cc1ccc(C2CC(C(=O)Nc3c(C)cccc3Cl)NN2)cc1. The van der Waals surface area contributed by atoms with Crippen LogP contribution in [0.3, 0.4) is 0 Å². The van der Waals surface area contributed by atoms with Gasteiger partial charge in [-0.2, -0.15) is 0 Å². The van der Waals surface area contributed by atoms with Gasteiger partial charge in [0.1, 0.15) is 6.04 Å². The van der Waals surface area contributed by atoms with E-state index in [0.29, 0.717) is 17.1 Å². The van der Waals surface area contributed by atoms with Crippen LogP contribution in [0.15, 0.2) is 42.5 Å². The Hall–Kier alpha value is -1.88. The van der Waals surface area contributed by atoms with E-state index in [1.807, 2.05) is 19.1 Å². The summed E-state index contributed by atoms with van der Waals surface area (Å²) in [5.74, 6) is -0.0803. The molecular weight excluding hydrogens is 310 g/mol. The van der Waals surface area contributed by atoms with Crippen molar-refractivity contribution < 1.29 is 4.79 Å². The number of rotatable bonds is 3. The molecule has 1 saturated heterocycles. The minimum atomic E-state index is -0.294. The van der Waals surface area contributed by atoms with Gasteiger partial charge in [-0.3, -0.25) is 4.79 Å². The molecule has 3 rings (SSSR count). The zero-order valence-electron chi connectivity index (χ0n) is 13.2. The zero-order chi connectivity index (χ0) is 16.4. The fourth-order valence-corrected chi connectivity index (χ4v) is 3.02. The van der Waals surface area contributed by atoms with Gasteiger partial charge in [0.15, 0.2) is 0 Å². The number of aryl methyl sites for hydroxylation is 2. The van der Waals surface area contributed by atoms with Crippen molar-refractivity contribution in [3.8, 4) is 0 Å². The Morgan fingerprint density at radius 2 is 1.87 bits per heavy atom. The van der Waals surface area contributed by atoms with Crippen molar-refractivity contribution in [2.24, 2.45) is 0 Å². The lowest BCUT2D eigenvalue weighted by atomic mass is 10.0. The van der Waals surface area contributed by atoms with Crippen molar-refractivity contribution in [1.29, 1.82) is 0 Å². The summed E-state index contributed by atoms with van der Waals surface area (Å²) < 4.78 is 0. The average Bonchev–Trinajstić information content (AvgIpc) is 3.02. The van der Waals surface area contributed by atoms with Gasteiger partial charge >= 0.3 is 0 Å². The molecule has 3 N–H and O–H groups in total. The highest BCUT2D eigenvalue weighted by molar-refractivity contribution is 6.34. The van der Waals surface area contributed by atoms with Crippen molar-refractivity contribution in [2.45, 2.75) is 32.4 Å². The molecule has 0 aromatic heterocycles. The van der Waals surface area contributed by atoms with Crippen LogP contribution in [0, 0.1) is 13.8 Å². The van der Waals surface area contributed by atoms with E-state index in [0.717, 1.165) is 5.56 Å². The highest BCUT2D eigenvalue weighted by atomic mass is 35.5. The highest BCUT2D eigenvalue weighted by Crippen LogP contribution is 2.27. The fourth-order valence-electron chi connectivity index (χ4n) is 2.75. The molecule has 0 saturated carbocycles. The summed E-state index contributed by atoms with van der Waals surface area (Å²) in [6.45, 7) is 3.99. The van der Waals surface area contributed by atoms with E-state index in [1.165, 1.54) is 11.1 Å². The van der Waals surface area contributed by atoms with Crippen molar-refractivity contribution in [2.75, 3.05) is 5.32 Å². The molecule has 0 spiro atoms. The lowest BCUT2D eigenvalue weighted by Gasteiger charge is -2.14. The second-order valence-corrected chi connectivity index (χ2v) is 6.37. The first-order chi connectivity index (χ1) is 11.0. The van der Waals surface area contributed by atoms with Gasteiger partial charge in [-0.15, -0.1) is 0 Å². The molecule has 0 bridgehead atoms. The topological polar surface area (TPSA) is 53.2 Å². The predicted molar refractivity (Wildman–Crippen MR) is 93.4 cm³/mol. The van der Waals surface area contributed by atoms with Gasteiger partial charge in [0.25, 0.3) is 0 Å². The summed E-state index contributed by atoms with van der Waals surface area (Å²) in [7, 11) is 0. The number of hydrogen-bond donors (Lipinski definition) is 3. The van der Waals surface area contributed by atoms with Gasteiger partial charge in [-0.25, -0.2) is 10.9 Å². The van der Waals surface area contributed by atoms with Gasteiger partial charge in [0, 0.05) is 6.04 Å². The fraction of sp³-hybridized carbons (Fsp3) is 0.278. The van der Waals surface area contributed by atoms with E-state index in [2.05, 4.69) is 47.4 Å². The highest BCUT2D eigenvalue weighted by Gasteiger charge is 2.30. The van der Waals surface area contributed by atoms with Crippen molar-refractivity contribution in [3.05, 3.63) is 64.2 Å². The van der Waals surface area contributed by atoms with Gasteiger partial charge in [0.05, 0.1) is 10.7 Å². The van der Waals surface area contributed by atoms with Gasteiger partial charge in [-0.1, -0.05) is 53.6 Å². The predicted octanol–water partition coefficient (Wildman–Crippen LogP) is 3.50.